The molecule has 0 aliphatic carbocycles. The predicted octanol–water partition coefficient (Wildman–Crippen LogP) is 4.39. The van der Waals surface area contributed by atoms with Gasteiger partial charge in [-0.3, -0.25) is 4.98 Å². The van der Waals surface area contributed by atoms with Gasteiger partial charge in [0.15, 0.2) is 5.65 Å². The Kier molecular flexibility index (Phi) is 5.79. The van der Waals surface area contributed by atoms with Gasteiger partial charge in [-0.1, -0.05) is 42.0 Å². The zero-order valence-electron chi connectivity index (χ0n) is 19.0. The molecule has 4 aromatic rings. The number of aryl methyl sites for hydroxylation is 1. The molecule has 1 aliphatic heterocycles. The molecule has 0 amide bonds. The van der Waals surface area contributed by atoms with Gasteiger partial charge < -0.3 is 15.8 Å². The highest BCUT2D eigenvalue weighted by Gasteiger charge is 2.20. The Hall–Kier alpha value is -3.71. The second kappa shape index (κ2) is 9.03. The van der Waals surface area contributed by atoms with Crippen LogP contribution in [0.15, 0.2) is 66.6 Å². The van der Waals surface area contributed by atoms with Crippen LogP contribution in [0.25, 0.3) is 28.0 Å². The third-order valence-electron chi connectivity index (χ3n) is 6.17. The summed E-state index contributed by atoms with van der Waals surface area (Å²) in [4.78, 5) is 9.69. The van der Waals surface area contributed by atoms with E-state index in [0.717, 1.165) is 58.6 Å². The van der Waals surface area contributed by atoms with Gasteiger partial charge in [0.2, 0.25) is 0 Å². The van der Waals surface area contributed by atoms with Gasteiger partial charge in [-0.15, -0.1) is 0 Å². The summed E-state index contributed by atoms with van der Waals surface area (Å²) in [7, 11) is 1.67. The summed E-state index contributed by atoms with van der Waals surface area (Å²) >= 11 is 0. The van der Waals surface area contributed by atoms with Gasteiger partial charge in [0.1, 0.15) is 5.82 Å². The van der Waals surface area contributed by atoms with Crippen molar-refractivity contribution in [1.29, 1.82) is 0 Å². The third kappa shape index (κ3) is 4.19. The number of rotatable bonds is 7. The summed E-state index contributed by atoms with van der Waals surface area (Å²) in [5.74, 6) is 0.575. The standard InChI is InChI=1S/C26H28N6O/c1-17-12-20(28-13-17)9-11-24-22(16-33-2)25(27)32-26(31-24)21(15-30-32)19-8-10-23(29-14-19)18-6-4-3-5-7-18/h3-8,10,13-15,20,28H,9,11-12,16,27H2,1-2H3. The Bertz CT molecular complexity index is 1290. The van der Waals surface area contributed by atoms with Gasteiger partial charge in [0, 0.05) is 41.6 Å². The first-order chi connectivity index (χ1) is 16.1. The van der Waals surface area contributed by atoms with E-state index in [0.29, 0.717) is 18.5 Å². The molecule has 7 heteroatoms. The second-order valence-corrected chi connectivity index (χ2v) is 8.54. The van der Waals surface area contributed by atoms with Crippen molar-refractivity contribution in [3.05, 3.63) is 77.9 Å². The maximum atomic E-state index is 6.54. The van der Waals surface area contributed by atoms with Crippen molar-refractivity contribution in [3.63, 3.8) is 0 Å². The Morgan fingerprint density at radius 1 is 1.12 bits per heavy atom. The number of pyridine rings is 1. The van der Waals surface area contributed by atoms with Gasteiger partial charge >= 0.3 is 0 Å². The number of nitrogen functional groups attached to an aromatic ring is 1. The van der Waals surface area contributed by atoms with E-state index in [9.17, 15) is 0 Å². The first-order valence-corrected chi connectivity index (χ1v) is 11.2. The summed E-state index contributed by atoms with van der Waals surface area (Å²) in [5, 5.41) is 7.98. The first-order valence-electron chi connectivity index (χ1n) is 11.2. The highest BCUT2D eigenvalue weighted by atomic mass is 16.5. The molecule has 1 aliphatic rings. The lowest BCUT2D eigenvalue weighted by molar-refractivity contribution is 0.184. The van der Waals surface area contributed by atoms with Crippen LogP contribution in [0, 0.1) is 0 Å². The monoisotopic (exact) mass is 440 g/mol. The molecule has 7 nitrogen and oxygen atoms in total. The zero-order chi connectivity index (χ0) is 22.8. The number of fused-ring (bicyclic) bond motifs is 1. The van der Waals surface area contributed by atoms with Crippen molar-refractivity contribution < 1.29 is 4.74 Å². The fourth-order valence-electron chi connectivity index (χ4n) is 4.40. The van der Waals surface area contributed by atoms with Crippen molar-refractivity contribution in [2.24, 2.45) is 0 Å². The number of hydrogen-bond donors (Lipinski definition) is 2. The summed E-state index contributed by atoms with van der Waals surface area (Å²) in [5.41, 5.74) is 14.4. The average molecular weight is 441 g/mol. The largest absolute Gasteiger partial charge is 0.388 e. The highest BCUT2D eigenvalue weighted by molar-refractivity contribution is 5.79. The minimum absolute atomic E-state index is 0.405. The zero-order valence-corrected chi connectivity index (χ0v) is 19.0. The minimum atomic E-state index is 0.405. The van der Waals surface area contributed by atoms with E-state index < -0.39 is 0 Å². The number of anilines is 1. The molecule has 4 heterocycles. The first kappa shape index (κ1) is 21.2. The molecule has 5 rings (SSSR count). The van der Waals surface area contributed by atoms with Crippen LogP contribution in [-0.2, 0) is 17.8 Å². The average Bonchev–Trinajstić information content (AvgIpc) is 3.46. The molecule has 0 saturated carbocycles. The van der Waals surface area contributed by atoms with Crippen LogP contribution in [0.3, 0.4) is 0 Å². The quantitative estimate of drug-likeness (QED) is 0.443. The van der Waals surface area contributed by atoms with Crippen molar-refractivity contribution in [2.75, 3.05) is 12.8 Å². The Labute approximate surface area is 193 Å². The van der Waals surface area contributed by atoms with Gasteiger partial charge in [-0.05, 0) is 38.5 Å². The van der Waals surface area contributed by atoms with E-state index in [1.807, 2.05) is 36.7 Å². The molecule has 0 spiro atoms. The lowest BCUT2D eigenvalue weighted by atomic mass is 10.0. The van der Waals surface area contributed by atoms with Gasteiger partial charge in [0.05, 0.1) is 24.2 Å². The van der Waals surface area contributed by atoms with E-state index in [4.69, 9.17) is 15.5 Å². The molecule has 1 unspecified atom stereocenters. The van der Waals surface area contributed by atoms with E-state index in [1.165, 1.54) is 5.57 Å². The number of nitrogens with zero attached hydrogens (tertiary/aromatic N) is 4. The highest BCUT2D eigenvalue weighted by Crippen LogP contribution is 2.29. The summed E-state index contributed by atoms with van der Waals surface area (Å²) in [6, 6.07) is 14.7. The summed E-state index contributed by atoms with van der Waals surface area (Å²) in [6.45, 7) is 2.56. The number of nitrogens with one attached hydrogen (secondary N) is 1. The van der Waals surface area contributed by atoms with Gasteiger partial charge in [0.25, 0.3) is 0 Å². The van der Waals surface area contributed by atoms with Crippen LogP contribution < -0.4 is 11.1 Å². The van der Waals surface area contributed by atoms with Crippen molar-refractivity contribution in [3.8, 4) is 22.4 Å². The van der Waals surface area contributed by atoms with E-state index >= 15 is 0 Å². The smallest absolute Gasteiger partial charge is 0.165 e. The Morgan fingerprint density at radius 3 is 2.67 bits per heavy atom. The molecule has 1 aromatic carbocycles. The van der Waals surface area contributed by atoms with Crippen LogP contribution in [0.2, 0.25) is 0 Å². The second-order valence-electron chi connectivity index (χ2n) is 8.54. The van der Waals surface area contributed by atoms with Crippen LogP contribution in [0.5, 0.6) is 0 Å². The number of nitrogens with two attached hydrogens (primary N) is 1. The van der Waals surface area contributed by atoms with Crippen LogP contribution in [0.4, 0.5) is 5.82 Å². The molecule has 1 atom stereocenters. The van der Waals surface area contributed by atoms with Crippen molar-refractivity contribution in [1.82, 2.24) is 24.9 Å². The Morgan fingerprint density at radius 2 is 1.97 bits per heavy atom. The molecular formula is C26H28N6O. The predicted molar refractivity (Wildman–Crippen MR) is 130 cm³/mol. The third-order valence-corrected chi connectivity index (χ3v) is 6.17. The maximum Gasteiger partial charge on any atom is 0.165 e. The number of methoxy groups -OCH3 is 1. The van der Waals surface area contributed by atoms with Gasteiger partial charge in [-0.2, -0.15) is 9.61 Å². The van der Waals surface area contributed by atoms with Gasteiger partial charge in [-0.25, -0.2) is 4.98 Å². The number of ether oxygens (including phenoxy) is 1. The molecule has 0 saturated heterocycles. The van der Waals surface area contributed by atoms with Crippen LogP contribution in [0.1, 0.15) is 31.0 Å². The van der Waals surface area contributed by atoms with Crippen LogP contribution >= 0.6 is 0 Å². The lowest BCUT2D eigenvalue weighted by Crippen LogP contribution is -2.21. The molecule has 33 heavy (non-hydrogen) atoms. The molecule has 3 N–H and O–H groups in total. The lowest BCUT2D eigenvalue weighted by Gasteiger charge is -2.15. The minimum Gasteiger partial charge on any atom is -0.388 e. The molecule has 0 radical (unpaired) electrons. The normalized spacial score (nSPS) is 15.6. The summed E-state index contributed by atoms with van der Waals surface area (Å²) < 4.78 is 7.14. The maximum absolute atomic E-state index is 6.54. The molecule has 168 valence electrons. The van der Waals surface area contributed by atoms with E-state index in [-0.39, 0.29) is 0 Å². The van der Waals surface area contributed by atoms with Crippen molar-refractivity contribution in [2.45, 2.75) is 38.8 Å². The topological polar surface area (TPSA) is 90.4 Å². The number of benzene rings is 1. The SMILES string of the molecule is COCc1c(CCC2CC(C)=CN2)nc2c(-c3ccc(-c4ccccc4)nc3)cnn2c1N. The summed E-state index contributed by atoms with van der Waals surface area (Å²) in [6.07, 6.45) is 8.64. The fraction of sp³-hybridized carbons (Fsp3) is 0.269. The molecule has 0 bridgehead atoms. The van der Waals surface area contributed by atoms with E-state index in [1.54, 1.807) is 11.6 Å². The molecule has 0 fully saturated rings. The molecule has 3 aromatic heterocycles. The van der Waals surface area contributed by atoms with Crippen LogP contribution in [-0.4, -0.2) is 32.7 Å². The number of hydrogen-bond acceptors (Lipinski definition) is 6. The van der Waals surface area contributed by atoms with E-state index in [2.05, 4.69) is 46.7 Å². The Balaban J connectivity index is 1.49. The molecular weight excluding hydrogens is 412 g/mol. The fourth-order valence-corrected chi connectivity index (χ4v) is 4.40. The van der Waals surface area contributed by atoms with Crippen molar-refractivity contribution >= 4 is 11.5 Å². The number of aromatic nitrogens is 4.